The zero-order valence-electron chi connectivity index (χ0n) is 15.0. The van der Waals surface area contributed by atoms with E-state index in [0.717, 1.165) is 16.9 Å². The molecule has 1 unspecified atom stereocenters. The molecule has 0 aliphatic heterocycles. The third-order valence-electron chi connectivity index (χ3n) is 3.24. The van der Waals surface area contributed by atoms with Gasteiger partial charge in [0.25, 0.3) is 0 Å². The Kier molecular flexibility index (Phi) is 7.14. The van der Waals surface area contributed by atoms with E-state index in [0.29, 0.717) is 5.56 Å². The van der Waals surface area contributed by atoms with Crippen molar-refractivity contribution in [2.75, 3.05) is 0 Å². The molecule has 2 aromatic carbocycles. The van der Waals surface area contributed by atoms with Crippen molar-refractivity contribution in [1.82, 2.24) is 0 Å². The number of para-hydroxylation sites is 1. The number of hydrogen-bond donors (Lipinski definition) is 1. The van der Waals surface area contributed by atoms with Gasteiger partial charge < -0.3 is 5.11 Å². The summed E-state index contributed by atoms with van der Waals surface area (Å²) in [6, 6.07) is 16.7. The number of aromatic hydroxyl groups is 1. The number of benzene rings is 2. The predicted octanol–water partition coefficient (Wildman–Crippen LogP) is 6.17. The molecule has 0 aliphatic carbocycles. The van der Waals surface area contributed by atoms with Gasteiger partial charge in [-0.25, -0.2) is 4.57 Å². The first-order chi connectivity index (χ1) is 11.8. The fourth-order valence-corrected chi connectivity index (χ4v) is 7.20. The van der Waals surface area contributed by atoms with Gasteiger partial charge >= 0.3 is 6.80 Å². The van der Waals surface area contributed by atoms with Crippen LogP contribution in [0.5, 0.6) is 5.75 Å². The average molecular weight is 380 g/mol. The molecule has 0 radical (unpaired) electrons. The summed E-state index contributed by atoms with van der Waals surface area (Å²) in [6.07, 6.45) is -0.476. The van der Waals surface area contributed by atoms with Crippen LogP contribution in [0.15, 0.2) is 54.6 Å². The normalized spacial score (nSPS) is 13.4. The van der Waals surface area contributed by atoms with Crippen LogP contribution in [0.4, 0.5) is 0 Å². The first-order valence-corrected chi connectivity index (χ1v) is 11.3. The Morgan fingerprint density at radius 2 is 1.40 bits per heavy atom. The molecule has 25 heavy (non-hydrogen) atoms. The lowest BCUT2D eigenvalue weighted by atomic mass is 10.0. The first kappa shape index (κ1) is 20.1. The molecule has 2 aromatic rings. The monoisotopic (exact) mass is 380 g/mol. The van der Waals surface area contributed by atoms with Crippen molar-refractivity contribution in [2.45, 2.75) is 45.2 Å². The van der Waals surface area contributed by atoms with Crippen molar-refractivity contribution >= 4 is 18.2 Å². The largest absolute Gasteiger partial charge is 0.508 e. The van der Waals surface area contributed by atoms with Crippen molar-refractivity contribution in [3.63, 3.8) is 0 Å². The predicted molar refractivity (Wildman–Crippen MR) is 104 cm³/mol. The van der Waals surface area contributed by atoms with Gasteiger partial charge in [0.1, 0.15) is 5.75 Å². The standard InChI is InChI=1S/C19H25O4PS/c1-14(2)22-24(21,23-15(3)4)25-19(16-10-6-5-7-11-16)17-12-8-9-13-18(17)20/h5-15,19-20H,1-4H3. The van der Waals surface area contributed by atoms with Gasteiger partial charge in [-0.15, -0.1) is 0 Å². The van der Waals surface area contributed by atoms with E-state index in [4.69, 9.17) is 9.05 Å². The highest BCUT2D eigenvalue weighted by Gasteiger charge is 2.35. The lowest BCUT2D eigenvalue weighted by molar-refractivity contribution is 0.155. The van der Waals surface area contributed by atoms with Gasteiger partial charge in [-0.3, -0.25) is 9.05 Å². The molecule has 0 heterocycles. The van der Waals surface area contributed by atoms with Gasteiger partial charge in [0.2, 0.25) is 0 Å². The van der Waals surface area contributed by atoms with E-state index in [2.05, 4.69) is 0 Å². The summed E-state index contributed by atoms with van der Waals surface area (Å²) >= 11 is 1.12. The minimum atomic E-state index is -3.43. The van der Waals surface area contributed by atoms with Crippen LogP contribution < -0.4 is 0 Å². The van der Waals surface area contributed by atoms with Crippen LogP contribution >= 0.6 is 18.2 Å². The van der Waals surface area contributed by atoms with Crippen molar-refractivity contribution in [2.24, 2.45) is 0 Å². The highest BCUT2D eigenvalue weighted by molar-refractivity contribution is 8.55. The quantitative estimate of drug-likeness (QED) is 0.555. The molecule has 0 saturated carbocycles. The molecule has 0 bridgehead atoms. The van der Waals surface area contributed by atoms with Gasteiger partial charge in [0, 0.05) is 5.56 Å². The van der Waals surface area contributed by atoms with Gasteiger partial charge in [-0.05, 0) is 50.7 Å². The van der Waals surface area contributed by atoms with Crippen LogP contribution in [0.2, 0.25) is 0 Å². The topological polar surface area (TPSA) is 55.8 Å². The molecule has 1 N–H and O–H groups in total. The summed E-state index contributed by atoms with van der Waals surface area (Å²) in [6.45, 7) is 3.88. The number of hydrogen-bond acceptors (Lipinski definition) is 5. The average Bonchev–Trinajstić information content (AvgIpc) is 2.53. The second-order valence-electron chi connectivity index (χ2n) is 6.21. The smallest absolute Gasteiger partial charge is 0.390 e. The van der Waals surface area contributed by atoms with Crippen LogP contribution in [0.3, 0.4) is 0 Å². The molecule has 0 fully saturated rings. The summed E-state index contributed by atoms with van der Waals surface area (Å²) in [5.74, 6) is 0.157. The number of phenols is 1. The fourth-order valence-electron chi connectivity index (χ4n) is 2.35. The summed E-state index contributed by atoms with van der Waals surface area (Å²) < 4.78 is 24.7. The molecule has 1 atom stereocenters. The van der Waals surface area contributed by atoms with Crippen molar-refractivity contribution in [1.29, 1.82) is 0 Å². The molecule has 2 rings (SSSR count). The van der Waals surface area contributed by atoms with E-state index in [1.807, 2.05) is 70.2 Å². The summed E-state index contributed by atoms with van der Waals surface area (Å²) in [5.41, 5.74) is 1.60. The van der Waals surface area contributed by atoms with Crippen LogP contribution in [0, 0.1) is 0 Å². The summed E-state index contributed by atoms with van der Waals surface area (Å²) in [5, 5.41) is 9.95. The fraction of sp³-hybridized carbons (Fsp3) is 0.368. The second-order valence-corrected chi connectivity index (χ2v) is 10.2. The Balaban J connectivity index is 2.44. The maximum atomic E-state index is 13.3. The first-order valence-electron chi connectivity index (χ1n) is 8.29. The van der Waals surface area contributed by atoms with Gasteiger partial charge in [0.05, 0.1) is 17.5 Å². The van der Waals surface area contributed by atoms with Crippen LogP contribution in [-0.2, 0) is 13.6 Å². The second kappa shape index (κ2) is 8.91. The number of rotatable bonds is 8. The molecular weight excluding hydrogens is 355 g/mol. The highest BCUT2D eigenvalue weighted by Crippen LogP contribution is 2.68. The minimum absolute atomic E-state index is 0.157. The summed E-state index contributed by atoms with van der Waals surface area (Å²) in [4.78, 5) is 0. The zero-order valence-corrected chi connectivity index (χ0v) is 16.7. The maximum absolute atomic E-state index is 13.3. The van der Waals surface area contributed by atoms with Crippen molar-refractivity contribution in [3.8, 4) is 5.75 Å². The molecule has 0 saturated heterocycles. The minimum Gasteiger partial charge on any atom is -0.508 e. The molecule has 0 spiro atoms. The molecule has 6 heteroatoms. The Morgan fingerprint density at radius 1 is 0.880 bits per heavy atom. The van der Waals surface area contributed by atoms with Gasteiger partial charge in [-0.1, -0.05) is 48.5 Å². The SMILES string of the molecule is CC(C)OP(=O)(OC(C)C)SC(c1ccccc1)c1ccccc1O. The molecular formula is C19H25O4PS. The lowest BCUT2D eigenvalue weighted by Gasteiger charge is -2.26. The van der Waals surface area contributed by atoms with E-state index in [-0.39, 0.29) is 23.2 Å². The van der Waals surface area contributed by atoms with E-state index in [1.54, 1.807) is 12.1 Å². The molecule has 0 aromatic heterocycles. The van der Waals surface area contributed by atoms with E-state index >= 15 is 0 Å². The highest BCUT2D eigenvalue weighted by atomic mass is 32.7. The maximum Gasteiger partial charge on any atom is 0.390 e. The zero-order chi connectivity index (χ0) is 18.4. The Bertz CT molecular complexity index is 704. The van der Waals surface area contributed by atoms with Gasteiger partial charge in [0.15, 0.2) is 0 Å². The Morgan fingerprint density at radius 3 is 1.92 bits per heavy atom. The van der Waals surface area contributed by atoms with Crippen molar-refractivity contribution < 1.29 is 18.7 Å². The third-order valence-corrected chi connectivity index (χ3v) is 7.51. The third kappa shape index (κ3) is 5.89. The van der Waals surface area contributed by atoms with Crippen LogP contribution in [0.25, 0.3) is 0 Å². The Labute approximate surface area is 153 Å². The van der Waals surface area contributed by atoms with E-state index in [9.17, 15) is 9.67 Å². The van der Waals surface area contributed by atoms with Crippen LogP contribution in [-0.4, -0.2) is 17.3 Å². The lowest BCUT2D eigenvalue weighted by Crippen LogP contribution is -2.08. The van der Waals surface area contributed by atoms with E-state index < -0.39 is 6.80 Å². The van der Waals surface area contributed by atoms with Crippen LogP contribution in [0.1, 0.15) is 44.1 Å². The molecule has 0 amide bonds. The molecule has 0 aliphatic rings. The van der Waals surface area contributed by atoms with Crippen molar-refractivity contribution in [3.05, 3.63) is 65.7 Å². The molecule has 4 nitrogen and oxygen atoms in total. The molecule has 136 valence electrons. The Hall–Kier alpha value is -1.26. The number of phenolic OH excluding ortho intramolecular Hbond substituents is 1. The summed E-state index contributed by atoms with van der Waals surface area (Å²) in [7, 11) is 0. The van der Waals surface area contributed by atoms with E-state index in [1.165, 1.54) is 0 Å². The van der Waals surface area contributed by atoms with Gasteiger partial charge in [-0.2, -0.15) is 0 Å².